The standard InChI is InChI=1S/C52H78O20/c1-12-23(3)42(63)71-39-40(72-43(64)24(4)13-2)52(22-53)26(20-47(39,5)6)25-14-15-28-48(7)18-17-30(50(9,46(65)66-11)29(48)16-19-49(28,8)51(25,10)37(59)38(52)60)68-45-34(58)35(33(57)36(70-45)41(61)62)69-44-32(56)31(55)27(54)21-67-44/h12-14,26-40,44-45,53-60H,15-22H2,1-11H3,(H,61,62)/b23-12?,24-13-/t26-,27-,28+,29+,30-,31-,32+,33-,34+,35-,36-,37-,38+,39-,40-,44-,45+,48+,49+,50-,51-,52-/m0/s1. The Morgan fingerprint density at radius 1 is 0.764 bits per heavy atom. The van der Waals surface area contributed by atoms with Crippen LogP contribution in [0, 0.1) is 50.2 Å². The highest BCUT2D eigenvalue weighted by atomic mass is 16.7. The van der Waals surface area contributed by atoms with Gasteiger partial charge in [-0.1, -0.05) is 58.4 Å². The number of carboxylic acids is 1. The van der Waals surface area contributed by atoms with Gasteiger partial charge < -0.3 is 79.1 Å². The van der Waals surface area contributed by atoms with Crippen molar-refractivity contribution >= 4 is 23.9 Å². The molecule has 22 atom stereocenters. The SMILES string of the molecule is CC=C(C)C(=O)O[C@H]1[C@H](OC(=O)/C(C)=C\C)[C@]2(CO)[C@H](O)[C@H](O)[C@]3(C)C(=CC[C@@H]4[C@@]5(C)CC[C@H](O[C@@H]6O[C@H](C(=O)O)[C@@H](O)[C@H](O[C@@H]7OC[C@H](O)[C@H](O)[C@H]7O)[C@H]6O)[C@@](C)(C(=O)OC)[C@@H]5CC[C@]43C)[C@@H]2CC1(C)C. The van der Waals surface area contributed by atoms with Gasteiger partial charge in [-0.05, 0) is 102 Å². The van der Waals surface area contributed by atoms with E-state index in [1.807, 2.05) is 20.8 Å². The van der Waals surface area contributed by atoms with E-state index in [0.717, 1.165) is 5.57 Å². The maximum Gasteiger partial charge on any atom is 0.335 e. The fraction of sp³-hybridized carbons (Fsp3) is 0.808. The van der Waals surface area contributed by atoms with Crippen molar-refractivity contribution in [1.29, 1.82) is 0 Å². The summed E-state index contributed by atoms with van der Waals surface area (Å²) in [6.07, 6.45) is -16.1. The van der Waals surface area contributed by atoms with Crippen molar-refractivity contribution in [2.24, 2.45) is 50.2 Å². The highest BCUT2D eigenvalue weighted by molar-refractivity contribution is 5.89. The van der Waals surface area contributed by atoms with Crippen molar-refractivity contribution in [1.82, 2.24) is 0 Å². The van der Waals surface area contributed by atoms with Gasteiger partial charge in [0, 0.05) is 22.0 Å². The van der Waals surface area contributed by atoms with Crippen LogP contribution in [-0.2, 0) is 52.3 Å². The topological polar surface area (TPSA) is 315 Å². The number of carbonyl (C=O) groups is 4. The quantitative estimate of drug-likeness (QED) is 0.0467. The van der Waals surface area contributed by atoms with E-state index in [2.05, 4.69) is 19.9 Å². The van der Waals surface area contributed by atoms with Crippen molar-refractivity contribution in [3.05, 3.63) is 34.9 Å². The minimum Gasteiger partial charge on any atom is -0.479 e. The molecule has 72 heavy (non-hydrogen) atoms. The van der Waals surface area contributed by atoms with E-state index in [1.165, 1.54) is 7.11 Å². The van der Waals surface area contributed by atoms with Crippen molar-refractivity contribution in [2.45, 2.75) is 194 Å². The Kier molecular flexibility index (Phi) is 15.6. The third-order valence-electron chi connectivity index (χ3n) is 19.5. The molecule has 0 radical (unpaired) electrons. The summed E-state index contributed by atoms with van der Waals surface area (Å²) in [6.45, 7) is 16.9. The van der Waals surface area contributed by atoms with Gasteiger partial charge >= 0.3 is 23.9 Å². The Bertz CT molecular complexity index is 2190. The monoisotopic (exact) mass is 1020 g/mol. The summed E-state index contributed by atoms with van der Waals surface area (Å²) in [5.74, 6) is -5.15. The first-order valence-corrected chi connectivity index (χ1v) is 25.2. The molecule has 406 valence electrons. The number of aliphatic hydroxyl groups is 8. The summed E-state index contributed by atoms with van der Waals surface area (Å²) >= 11 is 0. The molecule has 6 fully saturated rings. The van der Waals surface area contributed by atoms with Crippen molar-refractivity contribution in [3.63, 3.8) is 0 Å². The van der Waals surface area contributed by atoms with Gasteiger partial charge in [0.1, 0.15) is 42.7 Å². The highest BCUT2D eigenvalue weighted by Crippen LogP contribution is 2.76. The molecule has 5 aliphatic carbocycles. The molecule has 20 heteroatoms. The van der Waals surface area contributed by atoms with Crippen LogP contribution in [0.4, 0.5) is 0 Å². The number of rotatable bonds is 11. The van der Waals surface area contributed by atoms with E-state index < -0.39 is 167 Å². The smallest absolute Gasteiger partial charge is 0.335 e. The summed E-state index contributed by atoms with van der Waals surface area (Å²) in [4.78, 5) is 54.3. The second kappa shape index (κ2) is 20.0. The third-order valence-corrected chi connectivity index (χ3v) is 19.5. The van der Waals surface area contributed by atoms with Crippen LogP contribution < -0.4 is 0 Å². The van der Waals surface area contributed by atoms with Gasteiger partial charge in [0.05, 0.1) is 49.5 Å². The number of allylic oxidation sites excluding steroid dienone is 3. The molecular formula is C52H78O20. The number of methoxy groups -OCH3 is 1. The number of carboxylic acid groups (broad SMARTS) is 1. The van der Waals surface area contributed by atoms with Gasteiger partial charge in [-0.15, -0.1) is 0 Å². The van der Waals surface area contributed by atoms with Crippen LogP contribution in [0.3, 0.4) is 0 Å². The van der Waals surface area contributed by atoms with Crippen molar-refractivity contribution < 1.29 is 98.3 Å². The molecule has 2 heterocycles. The Balaban J connectivity index is 1.25. The molecule has 7 aliphatic rings. The number of ether oxygens (including phenoxy) is 7. The number of esters is 3. The zero-order valence-electron chi connectivity index (χ0n) is 43.2. The first-order valence-electron chi connectivity index (χ1n) is 25.2. The van der Waals surface area contributed by atoms with E-state index in [-0.39, 0.29) is 24.3 Å². The molecule has 7 rings (SSSR count). The molecule has 2 saturated heterocycles. The Hall–Kier alpha value is -3.38. The maximum absolute atomic E-state index is 14.5. The van der Waals surface area contributed by atoms with E-state index in [9.17, 15) is 65.1 Å². The van der Waals surface area contributed by atoms with E-state index in [4.69, 9.17) is 33.2 Å². The molecule has 0 bridgehead atoms. The molecule has 20 nitrogen and oxygen atoms in total. The molecule has 2 aliphatic heterocycles. The number of hydrogen-bond donors (Lipinski definition) is 9. The fourth-order valence-electron chi connectivity index (χ4n) is 14.8. The summed E-state index contributed by atoms with van der Waals surface area (Å²) in [5.41, 5.74) is -5.49. The number of carbonyl (C=O) groups excluding carboxylic acids is 3. The summed E-state index contributed by atoms with van der Waals surface area (Å²) in [7, 11) is 1.24. The van der Waals surface area contributed by atoms with Crippen LogP contribution in [0.15, 0.2) is 34.9 Å². The van der Waals surface area contributed by atoms with Crippen molar-refractivity contribution in [2.75, 3.05) is 20.3 Å². The largest absolute Gasteiger partial charge is 0.479 e. The Morgan fingerprint density at radius 3 is 1.94 bits per heavy atom. The van der Waals surface area contributed by atoms with Crippen LogP contribution in [0.5, 0.6) is 0 Å². The van der Waals surface area contributed by atoms with E-state index in [1.54, 1.807) is 46.8 Å². The average Bonchev–Trinajstić information content (AvgIpc) is 3.33. The number of aliphatic carboxylic acids is 1. The molecular weight excluding hydrogens is 945 g/mol. The Labute approximate surface area is 420 Å². The van der Waals surface area contributed by atoms with E-state index in [0.29, 0.717) is 31.3 Å². The van der Waals surface area contributed by atoms with Crippen LogP contribution in [-0.4, -0.2) is 176 Å². The van der Waals surface area contributed by atoms with Crippen molar-refractivity contribution in [3.8, 4) is 0 Å². The third kappa shape index (κ3) is 8.33. The number of fused-ring (bicyclic) bond motifs is 7. The minimum absolute atomic E-state index is 0.145. The molecule has 4 saturated carbocycles. The summed E-state index contributed by atoms with van der Waals surface area (Å²) < 4.78 is 41.3. The van der Waals surface area contributed by atoms with Crippen LogP contribution in [0.25, 0.3) is 0 Å². The van der Waals surface area contributed by atoms with Gasteiger partial charge in [0.25, 0.3) is 0 Å². The van der Waals surface area contributed by atoms with Gasteiger partial charge in [0.15, 0.2) is 24.8 Å². The second-order valence-corrected chi connectivity index (χ2v) is 23.2. The van der Waals surface area contributed by atoms with E-state index >= 15 is 0 Å². The summed E-state index contributed by atoms with van der Waals surface area (Å²) in [6, 6.07) is 0. The molecule has 0 amide bonds. The van der Waals surface area contributed by atoms with Gasteiger partial charge in [-0.25, -0.2) is 14.4 Å². The lowest BCUT2D eigenvalue weighted by Crippen LogP contribution is -2.76. The summed E-state index contributed by atoms with van der Waals surface area (Å²) in [5, 5.41) is 101. The zero-order valence-corrected chi connectivity index (χ0v) is 43.2. The van der Waals surface area contributed by atoms with Crippen LogP contribution in [0.1, 0.15) is 108 Å². The minimum atomic E-state index is -2.04. The first kappa shape index (κ1) is 56.3. The second-order valence-electron chi connectivity index (χ2n) is 23.2. The molecule has 0 spiro atoms. The molecule has 0 aromatic carbocycles. The lowest BCUT2D eigenvalue weighted by molar-refractivity contribution is -0.357. The van der Waals surface area contributed by atoms with Crippen LogP contribution >= 0.6 is 0 Å². The highest BCUT2D eigenvalue weighted by Gasteiger charge is 2.77. The van der Waals surface area contributed by atoms with Gasteiger partial charge in [-0.2, -0.15) is 0 Å². The predicted octanol–water partition coefficient (Wildman–Crippen LogP) is 1.59. The van der Waals surface area contributed by atoms with Crippen LogP contribution in [0.2, 0.25) is 0 Å². The maximum atomic E-state index is 14.5. The predicted molar refractivity (Wildman–Crippen MR) is 250 cm³/mol. The van der Waals surface area contributed by atoms with Gasteiger partial charge in [-0.3, -0.25) is 4.79 Å². The molecule has 9 N–H and O–H groups in total. The average molecular weight is 1020 g/mol. The first-order chi connectivity index (χ1) is 33.5. The lowest BCUT2D eigenvalue weighted by Gasteiger charge is -2.73. The fourth-order valence-corrected chi connectivity index (χ4v) is 14.8. The normalized spacial score (nSPS) is 48.1. The Morgan fingerprint density at radius 2 is 1.38 bits per heavy atom. The molecule has 0 unspecified atom stereocenters. The lowest BCUT2D eigenvalue weighted by atomic mass is 9.32. The number of hydrogen-bond acceptors (Lipinski definition) is 19. The number of aliphatic hydroxyl groups excluding tert-OH is 8. The molecule has 0 aromatic rings. The zero-order chi connectivity index (χ0) is 53.6. The van der Waals surface area contributed by atoms with Gasteiger partial charge in [0.2, 0.25) is 0 Å². The molecule has 0 aromatic heterocycles.